The lowest BCUT2D eigenvalue weighted by atomic mass is 9.76. The Morgan fingerprint density at radius 3 is 2.50 bits per heavy atom. The molecule has 1 aliphatic rings. The molecule has 1 aliphatic carbocycles. The van der Waals surface area contributed by atoms with Crippen LogP contribution in [0, 0.1) is 0 Å². The zero-order chi connectivity index (χ0) is 13.9. The van der Waals surface area contributed by atoms with Crippen molar-refractivity contribution < 1.29 is 5.11 Å². The highest BCUT2D eigenvalue weighted by atomic mass is 79.9. The first-order valence-corrected chi connectivity index (χ1v) is 7.77. The van der Waals surface area contributed by atoms with Gasteiger partial charge in [-0.15, -0.1) is 0 Å². The zero-order valence-electron chi connectivity index (χ0n) is 11.2. The molecule has 0 unspecified atom stereocenters. The van der Waals surface area contributed by atoms with E-state index >= 15 is 0 Å². The maximum atomic E-state index is 9.34. The van der Waals surface area contributed by atoms with Crippen LogP contribution in [0.3, 0.4) is 0 Å². The standard InChI is InChI=1S/C17H18BrNO/c18-16-7-3-2-6-15(16)13-9-14(10-13)19-17-8-4-1-5-12(17)11-20/h1-8,13-14,19-20H,9-11H2. The first kappa shape index (κ1) is 13.7. The number of anilines is 1. The van der Waals surface area contributed by atoms with Crippen molar-refractivity contribution in [3.63, 3.8) is 0 Å². The van der Waals surface area contributed by atoms with Crippen molar-refractivity contribution in [2.45, 2.75) is 31.4 Å². The Morgan fingerprint density at radius 2 is 1.75 bits per heavy atom. The Hall–Kier alpha value is -1.32. The SMILES string of the molecule is OCc1ccccc1NC1CC(c2ccccc2Br)C1. The molecule has 2 nitrogen and oxygen atoms in total. The van der Waals surface area contributed by atoms with Crippen LogP contribution in [-0.2, 0) is 6.61 Å². The van der Waals surface area contributed by atoms with Crippen LogP contribution in [-0.4, -0.2) is 11.1 Å². The average Bonchev–Trinajstić information content (AvgIpc) is 2.44. The van der Waals surface area contributed by atoms with Crippen molar-refractivity contribution in [3.05, 3.63) is 64.1 Å². The second kappa shape index (κ2) is 5.98. The van der Waals surface area contributed by atoms with Gasteiger partial charge in [0.15, 0.2) is 0 Å². The Balaban J connectivity index is 1.63. The fourth-order valence-corrected chi connectivity index (χ4v) is 3.42. The Bertz CT molecular complexity index is 593. The number of nitrogens with one attached hydrogen (secondary N) is 1. The van der Waals surface area contributed by atoms with Crippen molar-refractivity contribution in [1.29, 1.82) is 0 Å². The molecule has 2 aromatic carbocycles. The monoisotopic (exact) mass is 331 g/mol. The number of benzene rings is 2. The number of rotatable bonds is 4. The number of hydrogen-bond acceptors (Lipinski definition) is 2. The van der Waals surface area contributed by atoms with Gasteiger partial charge in [-0.2, -0.15) is 0 Å². The minimum atomic E-state index is 0.0869. The molecule has 1 fully saturated rings. The summed E-state index contributed by atoms with van der Waals surface area (Å²) in [7, 11) is 0. The van der Waals surface area contributed by atoms with Crippen LogP contribution in [0.2, 0.25) is 0 Å². The molecule has 0 aliphatic heterocycles. The fraction of sp³-hybridized carbons (Fsp3) is 0.294. The normalized spacial score (nSPS) is 21.3. The number of aliphatic hydroxyl groups excluding tert-OH is 1. The molecule has 0 amide bonds. The summed E-state index contributed by atoms with van der Waals surface area (Å²) in [6.07, 6.45) is 2.28. The van der Waals surface area contributed by atoms with Crippen LogP contribution < -0.4 is 5.32 Å². The Kier molecular flexibility index (Phi) is 4.08. The molecular weight excluding hydrogens is 314 g/mol. The smallest absolute Gasteiger partial charge is 0.0701 e. The third-order valence-corrected chi connectivity index (χ3v) is 4.75. The van der Waals surface area contributed by atoms with Gasteiger partial charge in [0, 0.05) is 21.8 Å². The molecule has 1 saturated carbocycles. The molecule has 0 saturated heterocycles. The van der Waals surface area contributed by atoms with Crippen LogP contribution in [0.1, 0.15) is 29.9 Å². The highest BCUT2D eigenvalue weighted by Crippen LogP contribution is 2.41. The maximum Gasteiger partial charge on any atom is 0.0701 e. The van der Waals surface area contributed by atoms with Gasteiger partial charge in [-0.25, -0.2) is 0 Å². The largest absolute Gasteiger partial charge is 0.392 e. The summed E-state index contributed by atoms with van der Waals surface area (Å²) in [5.74, 6) is 0.629. The molecule has 0 aromatic heterocycles. The van der Waals surface area contributed by atoms with E-state index in [2.05, 4.69) is 45.5 Å². The summed E-state index contributed by atoms with van der Waals surface area (Å²) in [4.78, 5) is 0. The molecule has 0 heterocycles. The van der Waals surface area contributed by atoms with E-state index in [-0.39, 0.29) is 6.61 Å². The molecule has 3 heteroatoms. The first-order chi connectivity index (χ1) is 9.78. The van der Waals surface area contributed by atoms with E-state index in [9.17, 15) is 5.11 Å². The van der Waals surface area contributed by atoms with E-state index < -0.39 is 0 Å². The fourth-order valence-electron chi connectivity index (χ4n) is 2.81. The molecular formula is C17H18BrNO. The molecule has 0 radical (unpaired) electrons. The third-order valence-electron chi connectivity index (χ3n) is 4.03. The van der Waals surface area contributed by atoms with E-state index in [1.807, 2.05) is 24.3 Å². The summed E-state index contributed by atoms with van der Waals surface area (Å²) < 4.78 is 1.21. The van der Waals surface area contributed by atoms with Crippen LogP contribution in [0.5, 0.6) is 0 Å². The molecule has 3 rings (SSSR count). The predicted molar refractivity (Wildman–Crippen MR) is 85.9 cm³/mol. The van der Waals surface area contributed by atoms with Gasteiger partial charge >= 0.3 is 0 Å². The van der Waals surface area contributed by atoms with Gasteiger partial charge in [0.1, 0.15) is 0 Å². The van der Waals surface area contributed by atoms with E-state index in [4.69, 9.17) is 0 Å². The molecule has 2 N–H and O–H groups in total. The topological polar surface area (TPSA) is 32.3 Å². The van der Waals surface area contributed by atoms with Crippen molar-refractivity contribution in [2.75, 3.05) is 5.32 Å². The minimum Gasteiger partial charge on any atom is -0.392 e. The van der Waals surface area contributed by atoms with Crippen LogP contribution in [0.25, 0.3) is 0 Å². The van der Waals surface area contributed by atoms with Crippen molar-refractivity contribution in [1.82, 2.24) is 0 Å². The number of hydrogen-bond donors (Lipinski definition) is 2. The lowest BCUT2D eigenvalue weighted by Crippen LogP contribution is -2.34. The van der Waals surface area contributed by atoms with E-state index in [1.54, 1.807) is 0 Å². The van der Waals surface area contributed by atoms with Gasteiger partial charge < -0.3 is 10.4 Å². The van der Waals surface area contributed by atoms with Crippen molar-refractivity contribution >= 4 is 21.6 Å². The lowest BCUT2D eigenvalue weighted by molar-refractivity contribution is 0.282. The predicted octanol–water partition coefficient (Wildman–Crippen LogP) is 4.30. The highest BCUT2D eigenvalue weighted by molar-refractivity contribution is 9.10. The summed E-state index contributed by atoms with van der Waals surface area (Å²) >= 11 is 3.63. The summed E-state index contributed by atoms with van der Waals surface area (Å²) in [6.45, 7) is 0.0869. The van der Waals surface area contributed by atoms with Crippen LogP contribution in [0.4, 0.5) is 5.69 Å². The molecule has 0 atom stereocenters. The molecule has 2 aromatic rings. The van der Waals surface area contributed by atoms with Crippen LogP contribution >= 0.6 is 15.9 Å². The maximum absolute atomic E-state index is 9.34. The van der Waals surface area contributed by atoms with Gasteiger partial charge in [0.25, 0.3) is 0 Å². The van der Waals surface area contributed by atoms with Gasteiger partial charge in [-0.3, -0.25) is 0 Å². The van der Waals surface area contributed by atoms with Gasteiger partial charge in [-0.1, -0.05) is 52.3 Å². The second-order valence-electron chi connectivity index (χ2n) is 5.35. The molecule has 104 valence electrons. The Morgan fingerprint density at radius 1 is 1.05 bits per heavy atom. The number of halogens is 1. The van der Waals surface area contributed by atoms with Gasteiger partial charge in [-0.05, 0) is 36.5 Å². The zero-order valence-corrected chi connectivity index (χ0v) is 12.8. The Labute approximate surface area is 128 Å². The first-order valence-electron chi connectivity index (χ1n) is 6.97. The lowest BCUT2D eigenvalue weighted by Gasteiger charge is -2.37. The quantitative estimate of drug-likeness (QED) is 0.875. The summed E-state index contributed by atoms with van der Waals surface area (Å²) in [5, 5.41) is 12.9. The van der Waals surface area contributed by atoms with Crippen LogP contribution in [0.15, 0.2) is 53.0 Å². The molecule has 0 bridgehead atoms. The summed E-state index contributed by atoms with van der Waals surface area (Å²) in [5.41, 5.74) is 3.43. The van der Waals surface area contributed by atoms with Crippen molar-refractivity contribution in [3.8, 4) is 0 Å². The average molecular weight is 332 g/mol. The van der Waals surface area contributed by atoms with E-state index in [0.29, 0.717) is 12.0 Å². The van der Waals surface area contributed by atoms with E-state index in [1.165, 1.54) is 10.0 Å². The molecule has 0 spiro atoms. The number of aliphatic hydroxyl groups is 1. The van der Waals surface area contributed by atoms with Crippen molar-refractivity contribution in [2.24, 2.45) is 0 Å². The van der Waals surface area contributed by atoms with E-state index in [0.717, 1.165) is 24.1 Å². The third kappa shape index (κ3) is 2.74. The second-order valence-corrected chi connectivity index (χ2v) is 6.20. The molecule has 20 heavy (non-hydrogen) atoms. The van der Waals surface area contributed by atoms with Gasteiger partial charge in [0.2, 0.25) is 0 Å². The highest BCUT2D eigenvalue weighted by Gasteiger charge is 2.31. The minimum absolute atomic E-state index is 0.0869. The van der Waals surface area contributed by atoms with Gasteiger partial charge in [0.05, 0.1) is 6.61 Å². The summed E-state index contributed by atoms with van der Waals surface area (Å²) in [6, 6.07) is 16.9. The number of para-hydroxylation sites is 1.